The van der Waals surface area contributed by atoms with Gasteiger partial charge in [-0.1, -0.05) is 18.2 Å². The van der Waals surface area contributed by atoms with Crippen molar-refractivity contribution < 1.29 is 4.39 Å². The minimum atomic E-state index is -0.274. The SMILES string of the molecule is Nc1nc(-c2cc[nH]n2)c2ncn(Cc3ccccc3F)c2n1. The summed E-state index contributed by atoms with van der Waals surface area (Å²) in [5.74, 6) is -0.158. The van der Waals surface area contributed by atoms with E-state index >= 15 is 0 Å². The summed E-state index contributed by atoms with van der Waals surface area (Å²) in [4.78, 5) is 12.8. The Labute approximate surface area is 130 Å². The number of nitrogen functional groups attached to an aromatic ring is 1. The van der Waals surface area contributed by atoms with E-state index < -0.39 is 0 Å². The maximum absolute atomic E-state index is 13.9. The van der Waals surface area contributed by atoms with E-state index in [0.29, 0.717) is 34.7 Å². The predicted octanol–water partition coefficient (Wildman–Crippen LogP) is 1.99. The molecule has 0 spiro atoms. The molecular formula is C15H12FN7. The molecule has 0 radical (unpaired) electrons. The van der Waals surface area contributed by atoms with Crippen molar-refractivity contribution in [3.05, 3.63) is 54.2 Å². The van der Waals surface area contributed by atoms with Crippen molar-refractivity contribution in [3.8, 4) is 11.4 Å². The minimum Gasteiger partial charge on any atom is -0.368 e. The first-order valence-electron chi connectivity index (χ1n) is 6.94. The number of aromatic amines is 1. The zero-order valence-corrected chi connectivity index (χ0v) is 11.9. The van der Waals surface area contributed by atoms with E-state index in [1.165, 1.54) is 6.07 Å². The van der Waals surface area contributed by atoms with Gasteiger partial charge in [-0.15, -0.1) is 0 Å². The third-order valence-electron chi connectivity index (χ3n) is 3.52. The highest BCUT2D eigenvalue weighted by molar-refractivity contribution is 5.87. The van der Waals surface area contributed by atoms with E-state index in [2.05, 4.69) is 25.1 Å². The van der Waals surface area contributed by atoms with Gasteiger partial charge in [0.2, 0.25) is 5.95 Å². The average Bonchev–Trinajstić information content (AvgIpc) is 3.19. The zero-order chi connectivity index (χ0) is 15.8. The highest BCUT2D eigenvalue weighted by Crippen LogP contribution is 2.24. The van der Waals surface area contributed by atoms with Gasteiger partial charge in [-0.3, -0.25) is 5.10 Å². The van der Waals surface area contributed by atoms with Crippen LogP contribution in [0.1, 0.15) is 5.56 Å². The number of nitrogens with two attached hydrogens (primary N) is 1. The molecule has 0 saturated heterocycles. The van der Waals surface area contributed by atoms with Crippen molar-refractivity contribution in [1.82, 2.24) is 29.7 Å². The molecule has 7 nitrogen and oxygen atoms in total. The van der Waals surface area contributed by atoms with Gasteiger partial charge < -0.3 is 10.3 Å². The van der Waals surface area contributed by atoms with Crippen LogP contribution in [0, 0.1) is 5.82 Å². The highest BCUT2D eigenvalue weighted by atomic mass is 19.1. The van der Waals surface area contributed by atoms with Crippen LogP contribution in [0.3, 0.4) is 0 Å². The normalized spacial score (nSPS) is 11.2. The van der Waals surface area contributed by atoms with E-state index in [4.69, 9.17) is 5.73 Å². The third-order valence-corrected chi connectivity index (χ3v) is 3.52. The van der Waals surface area contributed by atoms with Crippen molar-refractivity contribution in [1.29, 1.82) is 0 Å². The number of nitrogens with one attached hydrogen (secondary N) is 1. The first-order chi connectivity index (χ1) is 11.2. The maximum Gasteiger partial charge on any atom is 0.222 e. The third kappa shape index (κ3) is 2.30. The van der Waals surface area contributed by atoms with Crippen LogP contribution in [-0.4, -0.2) is 29.7 Å². The molecule has 0 atom stereocenters. The summed E-state index contributed by atoms with van der Waals surface area (Å²) in [6.45, 7) is 0.305. The van der Waals surface area contributed by atoms with Crippen molar-refractivity contribution in [3.63, 3.8) is 0 Å². The molecule has 3 heterocycles. The standard InChI is InChI=1S/C15H12FN7/c16-10-4-2-1-3-9(10)7-23-8-18-13-12(11-5-6-19-22-11)20-15(17)21-14(13)23/h1-6,8H,7H2,(H,19,22)(H2,17,20,21). The Morgan fingerprint density at radius 2 is 2.04 bits per heavy atom. The lowest BCUT2D eigenvalue weighted by Gasteiger charge is -2.06. The second-order valence-corrected chi connectivity index (χ2v) is 5.03. The fourth-order valence-electron chi connectivity index (χ4n) is 2.46. The molecule has 0 unspecified atom stereocenters. The molecule has 114 valence electrons. The van der Waals surface area contributed by atoms with E-state index in [-0.39, 0.29) is 11.8 Å². The van der Waals surface area contributed by atoms with Crippen molar-refractivity contribution in [2.75, 3.05) is 5.73 Å². The Balaban J connectivity index is 1.85. The first-order valence-corrected chi connectivity index (χ1v) is 6.94. The van der Waals surface area contributed by atoms with Gasteiger partial charge in [0.1, 0.15) is 22.7 Å². The highest BCUT2D eigenvalue weighted by Gasteiger charge is 2.16. The number of nitrogens with zero attached hydrogens (tertiary/aromatic N) is 5. The van der Waals surface area contributed by atoms with Crippen LogP contribution >= 0.6 is 0 Å². The molecule has 0 amide bonds. The van der Waals surface area contributed by atoms with Crippen LogP contribution in [0.15, 0.2) is 42.9 Å². The molecule has 0 saturated carbocycles. The second-order valence-electron chi connectivity index (χ2n) is 5.03. The lowest BCUT2D eigenvalue weighted by Crippen LogP contribution is -2.04. The summed E-state index contributed by atoms with van der Waals surface area (Å²) in [7, 11) is 0. The Kier molecular flexibility index (Phi) is 3.00. The van der Waals surface area contributed by atoms with E-state index in [9.17, 15) is 4.39 Å². The quantitative estimate of drug-likeness (QED) is 0.603. The molecule has 0 bridgehead atoms. The number of H-pyrrole nitrogens is 1. The molecular weight excluding hydrogens is 297 g/mol. The van der Waals surface area contributed by atoms with Crippen LogP contribution in [-0.2, 0) is 6.54 Å². The summed E-state index contributed by atoms with van der Waals surface area (Å²) in [5, 5.41) is 6.84. The number of hydrogen-bond acceptors (Lipinski definition) is 5. The Morgan fingerprint density at radius 1 is 1.17 bits per heavy atom. The van der Waals surface area contributed by atoms with E-state index in [1.807, 2.05) is 0 Å². The fourth-order valence-corrected chi connectivity index (χ4v) is 2.46. The summed E-state index contributed by atoms with van der Waals surface area (Å²) in [5.41, 5.74) is 8.63. The number of rotatable bonds is 3. The zero-order valence-electron chi connectivity index (χ0n) is 11.9. The summed E-state index contributed by atoms with van der Waals surface area (Å²) in [6, 6.07) is 8.36. The molecule has 4 aromatic rings. The number of anilines is 1. The monoisotopic (exact) mass is 309 g/mol. The number of halogens is 1. The number of imidazole rings is 1. The molecule has 1 aromatic carbocycles. The van der Waals surface area contributed by atoms with Gasteiger partial charge in [-0.05, 0) is 12.1 Å². The molecule has 8 heteroatoms. The lowest BCUT2D eigenvalue weighted by atomic mass is 10.2. The molecule has 3 aromatic heterocycles. The van der Waals surface area contributed by atoms with Crippen molar-refractivity contribution in [2.24, 2.45) is 0 Å². The van der Waals surface area contributed by atoms with Crippen LogP contribution in [0.25, 0.3) is 22.6 Å². The van der Waals surface area contributed by atoms with Gasteiger partial charge in [-0.2, -0.15) is 10.1 Å². The van der Waals surface area contributed by atoms with Gasteiger partial charge in [-0.25, -0.2) is 14.4 Å². The Morgan fingerprint density at radius 3 is 2.83 bits per heavy atom. The molecule has 0 aliphatic heterocycles. The van der Waals surface area contributed by atoms with Crippen molar-refractivity contribution in [2.45, 2.75) is 6.54 Å². The Bertz CT molecular complexity index is 975. The summed E-state index contributed by atoms with van der Waals surface area (Å²) in [6.07, 6.45) is 3.29. The summed E-state index contributed by atoms with van der Waals surface area (Å²) < 4.78 is 15.6. The molecule has 0 fully saturated rings. The maximum atomic E-state index is 13.9. The summed E-state index contributed by atoms with van der Waals surface area (Å²) >= 11 is 0. The van der Waals surface area contributed by atoms with Crippen LogP contribution in [0.4, 0.5) is 10.3 Å². The fraction of sp³-hybridized carbons (Fsp3) is 0.0667. The van der Waals surface area contributed by atoms with Crippen LogP contribution < -0.4 is 5.73 Å². The molecule has 0 aliphatic carbocycles. The lowest BCUT2D eigenvalue weighted by molar-refractivity contribution is 0.601. The number of hydrogen-bond donors (Lipinski definition) is 2. The molecule has 4 rings (SSSR count). The van der Waals surface area contributed by atoms with Gasteiger partial charge in [0.15, 0.2) is 5.65 Å². The second kappa shape index (κ2) is 5.16. The van der Waals surface area contributed by atoms with Gasteiger partial charge in [0, 0.05) is 11.8 Å². The van der Waals surface area contributed by atoms with Gasteiger partial charge >= 0.3 is 0 Å². The average molecular weight is 309 g/mol. The number of aromatic nitrogens is 6. The largest absolute Gasteiger partial charge is 0.368 e. The molecule has 0 aliphatic rings. The molecule has 3 N–H and O–H groups in total. The number of fused-ring (bicyclic) bond motifs is 1. The van der Waals surface area contributed by atoms with Crippen LogP contribution in [0.5, 0.6) is 0 Å². The predicted molar refractivity (Wildman–Crippen MR) is 82.8 cm³/mol. The van der Waals surface area contributed by atoms with Crippen molar-refractivity contribution >= 4 is 17.1 Å². The van der Waals surface area contributed by atoms with E-state index in [0.717, 1.165) is 0 Å². The Hall–Kier alpha value is -3.29. The molecule has 23 heavy (non-hydrogen) atoms. The van der Waals surface area contributed by atoms with Gasteiger partial charge in [0.25, 0.3) is 0 Å². The smallest absolute Gasteiger partial charge is 0.222 e. The van der Waals surface area contributed by atoms with Crippen LogP contribution in [0.2, 0.25) is 0 Å². The van der Waals surface area contributed by atoms with E-state index in [1.54, 1.807) is 41.4 Å². The minimum absolute atomic E-state index is 0.116. The van der Waals surface area contributed by atoms with Gasteiger partial charge in [0.05, 0.1) is 12.9 Å². The first kappa shape index (κ1) is 13.4. The number of benzene rings is 1. The topological polar surface area (TPSA) is 98.3 Å².